The van der Waals surface area contributed by atoms with Crippen molar-refractivity contribution >= 4 is 5.91 Å². The number of unbranched alkanes of at least 4 members (excludes halogenated alkanes) is 4. The zero-order valence-electron chi connectivity index (χ0n) is 11.9. The van der Waals surface area contributed by atoms with Crippen LogP contribution in [0.15, 0.2) is 0 Å². The molecule has 1 saturated heterocycles. The van der Waals surface area contributed by atoms with Gasteiger partial charge < -0.3 is 15.0 Å². The lowest BCUT2D eigenvalue weighted by atomic mass is 10.1. The van der Waals surface area contributed by atoms with Gasteiger partial charge in [0.15, 0.2) is 0 Å². The molecule has 1 heterocycles. The maximum Gasteiger partial charge on any atom is 0.222 e. The Labute approximate surface area is 111 Å². The number of nitrogens with one attached hydrogen (secondary N) is 1. The molecule has 106 valence electrons. The molecule has 0 aliphatic carbocycles. The molecule has 1 N–H and O–H groups in total. The number of carbonyl (C=O) groups excluding carboxylic acids is 1. The predicted molar refractivity (Wildman–Crippen MR) is 73.6 cm³/mol. The van der Waals surface area contributed by atoms with Crippen LogP contribution in [0.4, 0.5) is 0 Å². The van der Waals surface area contributed by atoms with Gasteiger partial charge in [-0.1, -0.05) is 32.6 Å². The van der Waals surface area contributed by atoms with Gasteiger partial charge in [-0.25, -0.2) is 0 Å². The molecule has 1 unspecified atom stereocenters. The van der Waals surface area contributed by atoms with Crippen LogP contribution in [-0.4, -0.2) is 50.2 Å². The number of amides is 1. The van der Waals surface area contributed by atoms with Crippen molar-refractivity contribution in [1.82, 2.24) is 10.2 Å². The molecule has 1 amide bonds. The van der Waals surface area contributed by atoms with Gasteiger partial charge in [0.2, 0.25) is 5.91 Å². The molecule has 1 atom stereocenters. The molecule has 4 nitrogen and oxygen atoms in total. The first kappa shape index (κ1) is 15.4. The van der Waals surface area contributed by atoms with Crippen molar-refractivity contribution in [3.63, 3.8) is 0 Å². The van der Waals surface area contributed by atoms with Gasteiger partial charge in [-0.15, -0.1) is 0 Å². The van der Waals surface area contributed by atoms with Crippen LogP contribution < -0.4 is 5.32 Å². The standard InChI is InChI=1S/C14H28N2O2/c1-3-4-5-6-7-8-14(17)16-9-10-18-13(12-16)11-15-2/h13,15H,3-12H2,1-2H3. The number of ether oxygens (including phenoxy) is 1. The van der Waals surface area contributed by atoms with Crippen molar-refractivity contribution in [1.29, 1.82) is 0 Å². The Morgan fingerprint density at radius 1 is 1.33 bits per heavy atom. The molecule has 0 spiro atoms. The van der Waals surface area contributed by atoms with Crippen molar-refractivity contribution in [2.24, 2.45) is 0 Å². The molecule has 0 aromatic carbocycles. The second-order valence-corrected chi connectivity index (χ2v) is 5.05. The molecule has 0 saturated carbocycles. The summed E-state index contributed by atoms with van der Waals surface area (Å²) < 4.78 is 5.60. The minimum atomic E-state index is 0.160. The highest BCUT2D eigenvalue weighted by Crippen LogP contribution is 2.10. The van der Waals surface area contributed by atoms with Gasteiger partial charge in [0.1, 0.15) is 0 Å². The second-order valence-electron chi connectivity index (χ2n) is 5.05. The fraction of sp³-hybridized carbons (Fsp3) is 0.929. The third kappa shape index (κ3) is 5.83. The number of morpholine rings is 1. The summed E-state index contributed by atoms with van der Waals surface area (Å²) in [6.45, 7) is 5.21. The number of nitrogens with zero attached hydrogens (tertiary/aromatic N) is 1. The van der Waals surface area contributed by atoms with Crippen LogP contribution >= 0.6 is 0 Å². The lowest BCUT2D eigenvalue weighted by Crippen LogP contribution is -2.48. The van der Waals surface area contributed by atoms with Crippen LogP contribution in [0.3, 0.4) is 0 Å². The highest BCUT2D eigenvalue weighted by Gasteiger charge is 2.23. The number of hydrogen-bond donors (Lipinski definition) is 1. The lowest BCUT2D eigenvalue weighted by Gasteiger charge is -2.33. The summed E-state index contributed by atoms with van der Waals surface area (Å²) in [5, 5.41) is 3.10. The Morgan fingerprint density at radius 3 is 2.83 bits per heavy atom. The lowest BCUT2D eigenvalue weighted by molar-refractivity contribution is -0.138. The van der Waals surface area contributed by atoms with Gasteiger partial charge in [0.25, 0.3) is 0 Å². The van der Waals surface area contributed by atoms with Gasteiger partial charge >= 0.3 is 0 Å². The Bertz CT molecular complexity index is 232. The van der Waals surface area contributed by atoms with Crippen LogP contribution in [0.1, 0.15) is 45.4 Å². The summed E-state index contributed by atoms with van der Waals surface area (Å²) >= 11 is 0. The summed E-state index contributed by atoms with van der Waals surface area (Å²) in [6, 6.07) is 0. The Kier molecular flexibility index (Phi) is 8.01. The third-order valence-electron chi connectivity index (χ3n) is 3.42. The van der Waals surface area contributed by atoms with Crippen molar-refractivity contribution in [3.05, 3.63) is 0 Å². The molecule has 0 radical (unpaired) electrons. The van der Waals surface area contributed by atoms with E-state index >= 15 is 0 Å². The Morgan fingerprint density at radius 2 is 2.11 bits per heavy atom. The zero-order valence-corrected chi connectivity index (χ0v) is 11.9. The van der Waals surface area contributed by atoms with Crippen molar-refractivity contribution in [2.75, 3.05) is 33.3 Å². The first-order valence-electron chi connectivity index (χ1n) is 7.32. The molecule has 0 aromatic rings. The summed E-state index contributed by atoms with van der Waals surface area (Å²) in [6.07, 6.45) is 6.88. The maximum atomic E-state index is 12.0. The summed E-state index contributed by atoms with van der Waals surface area (Å²) in [7, 11) is 1.91. The predicted octanol–water partition coefficient (Wildman–Crippen LogP) is 1.79. The topological polar surface area (TPSA) is 41.6 Å². The zero-order chi connectivity index (χ0) is 13.2. The molecule has 0 aromatic heterocycles. The summed E-state index contributed by atoms with van der Waals surface area (Å²) in [4.78, 5) is 14.0. The fourth-order valence-electron chi connectivity index (χ4n) is 2.33. The van der Waals surface area contributed by atoms with Crippen LogP contribution in [0.5, 0.6) is 0 Å². The van der Waals surface area contributed by atoms with Crippen LogP contribution in [0, 0.1) is 0 Å². The molecule has 18 heavy (non-hydrogen) atoms. The van der Waals surface area contributed by atoms with Gasteiger partial charge in [0.05, 0.1) is 12.7 Å². The van der Waals surface area contributed by atoms with Gasteiger partial charge in [-0.2, -0.15) is 0 Å². The molecule has 1 aliphatic heterocycles. The van der Waals surface area contributed by atoms with E-state index in [1.54, 1.807) is 0 Å². The number of rotatable bonds is 8. The molecular weight excluding hydrogens is 228 g/mol. The third-order valence-corrected chi connectivity index (χ3v) is 3.42. The summed E-state index contributed by atoms with van der Waals surface area (Å²) in [5.74, 6) is 0.302. The largest absolute Gasteiger partial charge is 0.373 e. The van der Waals surface area contributed by atoms with E-state index in [2.05, 4.69) is 12.2 Å². The average Bonchev–Trinajstić information content (AvgIpc) is 2.39. The Balaban J connectivity index is 2.16. The van der Waals surface area contributed by atoms with E-state index in [1.807, 2.05) is 11.9 Å². The van der Waals surface area contributed by atoms with E-state index in [-0.39, 0.29) is 6.10 Å². The minimum absolute atomic E-state index is 0.160. The monoisotopic (exact) mass is 256 g/mol. The van der Waals surface area contributed by atoms with E-state index in [0.717, 1.165) is 26.1 Å². The number of likely N-dealkylation sites (N-methyl/N-ethyl adjacent to an activating group) is 1. The van der Waals surface area contributed by atoms with E-state index < -0.39 is 0 Å². The van der Waals surface area contributed by atoms with Crippen molar-refractivity contribution < 1.29 is 9.53 Å². The quantitative estimate of drug-likeness (QED) is 0.673. The maximum absolute atomic E-state index is 12.0. The molecular formula is C14H28N2O2. The smallest absolute Gasteiger partial charge is 0.222 e. The fourth-order valence-corrected chi connectivity index (χ4v) is 2.33. The van der Waals surface area contributed by atoms with Gasteiger partial charge in [0, 0.05) is 26.1 Å². The van der Waals surface area contributed by atoms with E-state index in [0.29, 0.717) is 18.9 Å². The highest BCUT2D eigenvalue weighted by atomic mass is 16.5. The molecule has 1 aliphatic rings. The molecule has 1 fully saturated rings. The minimum Gasteiger partial charge on any atom is -0.373 e. The first-order chi connectivity index (χ1) is 8.77. The molecule has 4 heteroatoms. The van der Waals surface area contributed by atoms with E-state index in [4.69, 9.17) is 4.74 Å². The number of carbonyl (C=O) groups is 1. The Hall–Kier alpha value is -0.610. The van der Waals surface area contributed by atoms with E-state index in [9.17, 15) is 4.79 Å². The van der Waals surface area contributed by atoms with Crippen molar-refractivity contribution in [2.45, 2.75) is 51.6 Å². The summed E-state index contributed by atoms with van der Waals surface area (Å²) in [5.41, 5.74) is 0. The van der Waals surface area contributed by atoms with Crippen LogP contribution in [0.25, 0.3) is 0 Å². The van der Waals surface area contributed by atoms with Gasteiger partial charge in [-0.05, 0) is 13.5 Å². The molecule has 1 rings (SSSR count). The van der Waals surface area contributed by atoms with Crippen molar-refractivity contribution in [3.8, 4) is 0 Å². The second kappa shape index (κ2) is 9.34. The number of hydrogen-bond acceptors (Lipinski definition) is 3. The highest BCUT2D eigenvalue weighted by molar-refractivity contribution is 5.76. The normalized spacial score (nSPS) is 20.1. The van der Waals surface area contributed by atoms with Crippen LogP contribution in [-0.2, 0) is 9.53 Å². The van der Waals surface area contributed by atoms with Crippen LogP contribution in [0.2, 0.25) is 0 Å². The first-order valence-corrected chi connectivity index (χ1v) is 7.32. The van der Waals surface area contributed by atoms with Gasteiger partial charge in [-0.3, -0.25) is 4.79 Å². The average molecular weight is 256 g/mol. The SMILES string of the molecule is CCCCCCCC(=O)N1CCOC(CNC)C1. The van der Waals surface area contributed by atoms with E-state index in [1.165, 1.54) is 25.7 Å². The molecule has 0 bridgehead atoms.